The van der Waals surface area contributed by atoms with E-state index < -0.39 is 22.1 Å². The molecular formula is C11H21NO6S. The zero-order valence-corrected chi connectivity index (χ0v) is 12.1. The summed E-state index contributed by atoms with van der Waals surface area (Å²) >= 11 is 0. The molecule has 2 atom stereocenters. The Morgan fingerprint density at radius 1 is 1.47 bits per heavy atom. The Hall–Kier alpha value is -0.700. The summed E-state index contributed by atoms with van der Waals surface area (Å²) in [7, 11) is -3.53. The summed E-state index contributed by atoms with van der Waals surface area (Å²) in [5.41, 5.74) is 0. The molecule has 0 aliphatic carbocycles. The Balaban J connectivity index is 2.58. The van der Waals surface area contributed by atoms with E-state index in [1.54, 1.807) is 13.8 Å². The minimum atomic E-state index is -3.53. The molecule has 0 saturated carbocycles. The van der Waals surface area contributed by atoms with Crippen molar-refractivity contribution in [1.82, 2.24) is 4.31 Å². The zero-order valence-electron chi connectivity index (χ0n) is 11.2. The number of carbonyl (C=O) groups excluding carboxylic acids is 1. The highest BCUT2D eigenvalue weighted by Gasteiger charge is 2.32. The summed E-state index contributed by atoms with van der Waals surface area (Å²) in [6, 6.07) is 0. The SMILES string of the molecule is CCOC(=O)CCS(=O)(=O)N1CC(C)OC(CO)C1. The second-order valence-corrected chi connectivity index (χ2v) is 6.53. The fourth-order valence-electron chi connectivity index (χ4n) is 1.91. The number of morpholine rings is 1. The van der Waals surface area contributed by atoms with Crippen LogP contribution in [0.1, 0.15) is 20.3 Å². The lowest BCUT2D eigenvalue weighted by molar-refractivity contribution is -0.142. The molecule has 1 aliphatic rings. The van der Waals surface area contributed by atoms with E-state index in [4.69, 9.17) is 14.6 Å². The first-order chi connectivity index (χ1) is 8.89. The van der Waals surface area contributed by atoms with Gasteiger partial charge in [-0.3, -0.25) is 4.79 Å². The molecule has 0 aromatic carbocycles. The lowest BCUT2D eigenvalue weighted by Crippen LogP contribution is -2.50. The normalized spacial score (nSPS) is 25.2. The maximum Gasteiger partial charge on any atom is 0.306 e. The number of sulfonamides is 1. The molecule has 1 rings (SSSR count). The van der Waals surface area contributed by atoms with Gasteiger partial charge in [0.25, 0.3) is 0 Å². The molecule has 1 fully saturated rings. The van der Waals surface area contributed by atoms with Crippen molar-refractivity contribution in [2.75, 3.05) is 32.1 Å². The third-order valence-corrected chi connectivity index (χ3v) is 4.56. The molecule has 0 aromatic heterocycles. The number of hydrogen-bond donors (Lipinski definition) is 1. The highest BCUT2D eigenvalue weighted by molar-refractivity contribution is 7.89. The van der Waals surface area contributed by atoms with Crippen LogP contribution in [0.5, 0.6) is 0 Å². The second kappa shape index (κ2) is 7.18. The van der Waals surface area contributed by atoms with E-state index in [2.05, 4.69) is 0 Å². The quantitative estimate of drug-likeness (QED) is 0.655. The number of rotatable bonds is 6. The third-order valence-electron chi connectivity index (χ3n) is 2.76. The number of hydrogen-bond acceptors (Lipinski definition) is 6. The molecule has 0 aromatic rings. The van der Waals surface area contributed by atoms with Crippen LogP contribution >= 0.6 is 0 Å². The molecular weight excluding hydrogens is 274 g/mol. The highest BCUT2D eigenvalue weighted by Crippen LogP contribution is 2.15. The maximum absolute atomic E-state index is 12.1. The first-order valence-corrected chi connectivity index (χ1v) is 7.89. The van der Waals surface area contributed by atoms with Gasteiger partial charge in [-0.15, -0.1) is 0 Å². The Labute approximate surface area is 113 Å². The lowest BCUT2D eigenvalue weighted by Gasteiger charge is -2.35. The van der Waals surface area contributed by atoms with Gasteiger partial charge in [0.1, 0.15) is 0 Å². The summed E-state index contributed by atoms with van der Waals surface area (Å²) in [6.45, 7) is 3.78. The molecule has 112 valence electrons. The van der Waals surface area contributed by atoms with Crippen LogP contribution in [0.2, 0.25) is 0 Å². The van der Waals surface area contributed by atoms with Gasteiger partial charge in [0.2, 0.25) is 10.0 Å². The van der Waals surface area contributed by atoms with Gasteiger partial charge in [-0.2, -0.15) is 4.31 Å². The minimum absolute atomic E-state index is 0.117. The van der Waals surface area contributed by atoms with Crippen molar-refractivity contribution in [3.05, 3.63) is 0 Å². The summed E-state index contributed by atoms with van der Waals surface area (Å²) in [5.74, 6) is -0.803. The fourth-order valence-corrected chi connectivity index (χ4v) is 3.42. The van der Waals surface area contributed by atoms with Crippen molar-refractivity contribution in [2.45, 2.75) is 32.5 Å². The summed E-state index contributed by atoms with van der Waals surface area (Å²) in [6.07, 6.45) is -0.949. The maximum atomic E-state index is 12.1. The van der Waals surface area contributed by atoms with Crippen molar-refractivity contribution in [3.8, 4) is 0 Å². The molecule has 1 heterocycles. The molecule has 0 bridgehead atoms. The van der Waals surface area contributed by atoms with E-state index in [0.717, 1.165) is 0 Å². The van der Waals surface area contributed by atoms with Crippen LogP contribution in [-0.4, -0.2) is 68.1 Å². The number of aliphatic hydroxyl groups excluding tert-OH is 1. The Bertz CT molecular complexity index is 396. The van der Waals surface area contributed by atoms with Gasteiger partial charge in [0, 0.05) is 13.1 Å². The number of ether oxygens (including phenoxy) is 2. The first-order valence-electron chi connectivity index (χ1n) is 6.28. The van der Waals surface area contributed by atoms with E-state index in [1.165, 1.54) is 4.31 Å². The number of nitrogens with zero attached hydrogens (tertiary/aromatic N) is 1. The summed E-state index contributed by atoms with van der Waals surface area (Å²) in [5, 5.41) is 9.06. The molecule has 19 heavy (non-hydrogen) atoms. The molecule has 0 radical (unpaired) electrons. The molecule has 1 saturated heterocycles. The fraction of sp³-hybridized carbons (Fsp3) is 0.909. The molecule has 0 amide bonds. The topological polar surface area (TPSA) is 93.1 Å². The van der Waals surface area contributed by atoms with Crippen LogP contribution in [0.25, 0.3) is 0 Å². The molecule has 2 unspecified atom stereocenters. The van der Waals surface area contributed by atoms with Crippen molar-refractivity contribution in [1.29, 1.82) is 0 Å². The van der Waals surface area contributed by atoms with Crippen LogP contribution in [0.4, 0.5) is 0 Å². The molecule has 1 aliphatic heterocycles. The number of carbonyl (C=O) groups is 1. The average molecular weight is 295 g/mol. The first kappa shape index (κ1) is 16.4. The van der Waals surface area contributed by atoms with Crippen molar-refractivity contribution in [3.63, 3.8) is 0 Å². The summed E-state index contributed by atoms with van der Waals surface area (Å²) in [4.78, 5) is 11.2. The highest BCUT2D eigenvalue weighted by atomic mass is 32.2. The van der Waals surface area contributed by atoms with Gasteiger partial charge in [0.05, 0.1) is 37.6 Å². The predicted octanol–water partition coefficient (Wildman–Crippen LogP) is -0.649. The zero-order chi connectivity index (χ0) is 14.5. The smallest absolute Gasteiger partial charge is 0.306 e. The van der Waals surface area contributed by atoms with E-state index in [1.807, 2.05) is 0 Å². The van der Waals surface area contributed by atoms with Crippen molar-refractivity contribution in [2.24, 2.45) is 0 Å². The van der Waals surface area contributed by atoms with Gasteiger partial charge in [0.15, 0.2) is 0 Å². The van der Waals surface area contributed by atoms with Crippen molar-refractivity contribution < 1.29 is 27.8 Å². The molecule has 0 spiro atoms. The molecule has 8 heteroatoms. The number of esters is 1. The van der Waals surface area contributed by atoms with Crippen molar-refractivity contribution >= 4 is 16.0 Å². The monoisotopic (exact) mass is 295 g/mol. The standard InChI is InChI=1S/C11H21NO6S/c1-3-17-11(14)4-5-19(15,16)12-6-9(2)18-10(7-12)8-13/h9-10,13H,3-8H2,1-2H3. The van der Waals surface area contributed by atoms with E-state index in [9.17, 15) is 13.2 Å². The predicted molar refractivity (Wildman–Crippen MR) is 68.0 cm³/mol. The van der Waals surface area contributed by atoms with Gasteiger partial charge < -0.3 is 14.6 Å². The third kappa shape index (κ3) is 5.06. The van der Waals surface area contributed by atoms with Crippen LogP contribution < -0.4 is 0 Å². The van der Waals surface area contributed by atoms with Crippen LogP contribution in [0.15, 0.2) is 0 Å². The van der Waals surface area contributed by atoms with Crippen LogP contribution in [-0.2, 0) is 24.3 Å². The second-order valence-electron chi connectivity index (χ2n) is 4.44. The van der Waals surface area contributed by atoms with Gasteiger partial charge >= 0.3 is 5.97 Å². The van der Waals surface area contributed by atoms with Crippen LogP contribution in [0, 0.1) is 0 Å². The molecule has 1 N–H and O–H groups in total. The Morgan fingerprint density at radius 2 is 2.16 bits per heavy atom. The largest absolute Gasteiger partial charge is 0.466 e. The van der Waals surface area contributed by atoms with E-state index in [0.29, 0.717) is 0 Å². The van der Waals surface area contributed by atoms with Gasteiger partial charge in [-0.05, 0) is 13.8 Å². The van der Waals surface area contributed by atoms with E-state index in [-0.39, 0.29) is 44.6 Å². The Kier molecular flexibility index (Phi) is 6.18. The average Bonchev–Trinajstić information content (AvgIpc) is 2.36. The van der Waals surface area contributed by atoms with E-state index >= 15 is 0 Å². The minimum Gasteiger partial charge on any atom is -0.466 e. The lowest BCUT2D eigenvalue weighted by atomic mass is 10.2. The summed E-state index contributed by atoms with van der Waals surface area (Å²) < 4.78 is 35.5. The number of aliphatic hydroxyl groups is 1. The van der Waals surface area contributed by atoms with Gasteiger partial charge in [-0.25, -0.2) is 8.42 Å². The molecule has 7 nitrogen and oxygen atoms in total. The van der Waals surface area contributed by atoms with Crippen LogP contribution in [0.3, 0.4) is 0 Å². The Morgan fingerprint density at radius 3 is 2.74 bits per heavy atom. The van der Waals surface area contributed by atoms with Gasteiger partial charge in [-0.1, -0.05) is 0 Å².